The van der Waals surface area contributed by atoms with E-state index in [0.29, 0.717) is 42.1 Å². The number of esters is 1. The highest BCUT2D eigenvalue weighted by atomic mass is 16.6. The quantitative estimate of drug-likeness (QED) is 0.300. The molecule has 0 bridgehead atoms. The summed E-state index contributed by atoms with van der Waals surface area (Å²) in [5.41, 5.74) is 2.05. The van der Waals surface area contributed by atoms with Crippen LogP contribution < -0.4 is 14.2 Å². The summed E-state index contributed by atoms with van der Waals surface area (Å²) >= 11 is 0. The molecule has 3 aromatic carbocycles. The van der Waals surface area contributed by atoms with Crippen LogP contribution in [0.5, 0.6) is 17.2 Å². The van der Waals surface area contributed by atoms with Gasteiger partial charge in [-0.25, -0.2) is 4.79 Å². The summed E-state index contributed by atoms with van der Waals surface area (Å²) in [7, 11) is 0. The molecule has 0 aliphatic carbocycles. The van der Waals surface area contributed by atoms with Crippen molar-refractivity contribution in [2.45, 2.75) is 13.3 Å². The smallest absolute Gasteiger partial charge is 0.343 e. The Bertz CT molecular complexity index is 949. The second-order valence-electron chi connectivity index (χ2n) is 6.25. The molecule has 0 fully saturated rings. The molecule has 0 radical (unpaired) electrons. The normalized spacial score (nSPS) is 10.2. The molecule has 0 atom stereocenters. The van der Waals surface area contributed by atoms with Crippen molar-refractivity contribution < 1.29 is 23.8 Å². The molecule has 0 heterocycles. The summed E-state index contributed by atoms with van der Waals surface area (Å²) in [5, 5.41) is 0. The summed E-state index contributed by atoms with van der Waals surface area (Å²) < 4.78 is 16.6. The number of benzene rings is 3. The van der Waals surface area contributed by atoms with Gasteiger partial charge in [-0.2, -0.15) is 0 Å². The van der Waals surface area contributed by atoms with E-state index < -0.39 is 5.97 Å². The lowest BCUT2D eigenvalue weighted by atomic mass is 10.2. The zero-order valence-corrected chi connectivity index (χ0v) is 16.2. The van der Waals surface area contributed by atoms with Crippen LogP contribution in [0.15, 0.2) is 72.8 Å². The third kappa shape index (κ3) is 5.69. The Labute approximate surface area is 169 Å². The number of aldehydes is 1. The molecule has 0 aliphatic heterocycles. The monoisotopic (exact) mass is 390 g/mol. The number of ether oxygens (including phenoxy) is 3. The first-order chi connectivity index (χ1) is 14.2. The molecule has 5 heteroatoms. The summed E-state index contributed by atoms with van der Waals surface area (Å²) in [6, 6.07) is 21.5. The minimum absolute atomic E-state index is 0.269. The highest BCUT2D eigenvalue weighted by molar-refractivity contribution is 5.91. The minimum atomic E-state index is -0.513. The van der Waals surface area contributed by atoms with E-state index in [-0.39, 0.29) is 5.75 Å². The molecule has 148 valence electrons. The van der Waals surface area contributed by atoms with E-state index in [0.717, 1.165) is 6.42 Å². The van der Waals surface area contributed by atoms with Crippen molar-refractivity contribution in [1.29, 1.82) is 0 Å². The van der Waals surface area contributed by atoms with Crippen molar-refractivity contribution in [3.8, 4) is 17.2 Å². The molecule has 0 N–H and O–H groups in total. The highest BCUT2D eigenvalue weighted by Gasteiger charge is 2.13. The molecule has 0 aliphatic rings. The van der Waals surface area contributed by atoms with E-state index in [9.17, 15) is 9.59 Å². The minimum Gasteiger partial charge on any atom is -0.493 e. The fourth-order valence-electron chi connectivity index (χ4n) is 2.73. The van der Waals surface area contributed by atoms with Gasteiger partial charge in [-0.15, -0.1) is 0 Å². The Kier molecular flexibility index (Phi) is 7.00. The Balaban J connectivity index is 1.59. The van der Waals surface area contributed by atoms with Crippen LogP contribution in [0.1, 0.15) is 33.2 Å². The Morgan fingerprint density at radius 2 is 1.66 bits per heavy atom. The van der Waals surface area contributed by atoms with Crippen molar-refractivity contribution in [3.63, 3.8) is 0 Å². The average molecular weight is 390 g/mol. The van der Waals surface area contributed by atoms with Gasteiger partial charge in [0.2, 0.25) is 0 Å². The zero-order valence-electron chi connectivity index (χ0n) is 16.2. The predicted molar refractivity (Wildman–Crippen MR) is 110 cm³/mol. The van der Waals surface area contributed by atoms with Crippen LogP contribution in [0.2, 0.25) is 0 Å². The molecular formula is C24H22O5. The first-order valence-corrected chi connectivity index (χ1v) is 9.40. The van der Waals surface area contributed by atoms with E-state index in [4.69, 9.17) is 14.2 Å². The molecule has 5 nitrogen and oxygen atoms in total. The third-order valence-electron chi connectivity index (χ3n) is 4.20. The Morgan fingerprint density at radius 1 is 0.897 bits per heavy atom. The van der Waals surface area contributed by atoms with Gasteiger partial charge in [-0.1, -0.05) is 30.3 Å². The average Bonchev–Trinajstić information content (AvgIpc) is 2.76. The number of hydrogen-bond acceptors (Lipinski definition) is 5. The second kappa shape index (κ2) is 10.1. The van der Waals surface area contributed by atoms with Gasteiger partial charge in [0.25, 0.3) is 0 Å². The van der Waals surface area contributed by atoms with Crippen LogP contribution in [-0.4, -0.2) is 25.5 Å². The molecule has 0 saturated carbocycles. The van der Waals surface area contributed by atoms with Crippen molar-refractivity contribution in [3.05, 3.63) is 89.5 Å². The van der Waals surface area contributed by atoms with E-state index >= 15 is 0 Å². The van der Waals surface area contributed by atoms with Gasteiger partial charge in [0, 0.05) is 12.0 Å². The van der Waals surface area contributed by atoms with Gasteiger partial charge in [0.05, 0.1) is 18.8 Å². The molecular weight excluding hydrogens is 368 g/mol. The molecule has 3 rings (SSSR count). The van der Waals surface area contributed by atoms with Crippen LogP contribution in [-0.2, 0) is 6.42 Å². The Hall–Kier alpha value is -3.60. The summed E-state index contributed by atoms with van der Waals surface area (Å²) in [4.78, 5) is 23.4. The fourth-order valence-corrected chi connectivity index (χ4v) is 2.73. The maximum atomic E-state index is 12.4. The maximum Gasteiger partial charge on any atom is 0.343 e. The molecule has 0 saturated heterocycles. The highest BCUT2D eigenvalue weighted by Crippen LogP contribution is 2.29. The van der Waals surface area contributed by atoms with E-state index in [2.05, 4.69) is 12.1 Å². The van der Waals surface area contributed by atoms with Crippen LogP contribution in [0.3, 0.4) is 0 Å². The van der Waals surface area contributed by atoms with Gasteiger partial charge >= 0.3 is 5.97 Å². The predicted octanol–water partition coefficient (Wildman–Crippen LogP) is 4.74. The van der Waals surface area contributed by atoms with Gasteiger partial charge < -0.3 is 14.2 Å². The van der Waals surface area contributed by atoms with E-state index in [1.54, 1.807) is 42.5 Å². The summed E-state index contributed by atoms with van der Waals surface area (Å²) in [6.45, 7) is 2.76. The molecule has 3 aromatic rings. The van der Waals surface area contributed by atoms with Gasteiger partial charge in [0.1, 0.15) is 12.0 Å². The lowest BCUT2D eigenvalue weighted by Gasteiger charge is -2.11. The first kappa shape index (κ1) is 20.1. The SMILES string of the molecule is CCOc1cc(C=O)ccc1OC(=O)c1ccc(OCCc2ccccc2)cc1. The summed E-state index contributed by atoms with van der Waals surface area (Å²) in [5.74, 6) is 0.792. The summed E-state index contributed by atoms with van der Waals surface area (Å²) in [6.07, 6.45) is 1.52. The lowest BCUT2D eigenvalue weighted by Crippen LogP contribution is -2.10. The molecule has 29 heavy (non-hydrogen) atoms. The van der Waals surface area contributed by atoms with Crippen LogP contribution in [0.4, 0.5) is 0 Å². The lowest BCUT2D eigenvalue weighted by molar-refractivity contribution is 0.0728. The fraction of sp³-hybridized carbons (Fsp3) is 0.167. The number of rotatable bonds is 9. The number of carbonyl (C=O) groups excluding carboxylic acids is 2. The standard InChI is InChI=1S/C24H22O5/c1-2-27-23-16-19(17-25)8-13-22(23)29-24(26)20-9-11-21(12-10-20)28-15-14-18-6-4-3-5-7-18/h3-13,16-17H,2,14-15H2,1H3. The largest absolute Gasteiger partial charge is 0.493 e. The van der Waals surface area contributed by atoms with Crippen molar-refractivity contribution in [1.82, 2.24) is 0 Å². The van der Waals surface area contributed by atoms with E-state index in [1.165, 1.54) is 5.56 Å². The number of carbonyl (C=O) groups is 2. The zero-order chi connectivity index (χ0) is 20.5. The second-order valence-corrected chi connectivity index (χ2v) is 6.25. The number of hydrogen-bond donors (Lipinski definition) is 0. The topological polar surface area (TPSA) is 61.8 Å². The van der Waals surface area contributed by atoms with Crippen molar-refractivity contribution in [2.24, 2.45) is 0 Å². The molecule has 0 aromatic heterocycles. The van der Waals surface area contributed by atoms with Gasteiger partial charge in [0.15, 0.2) is 11.5 Å². The maximum absolute atomic E-state index is 12.4. The van der Waals surface area contributed by atoms with Crippen LogP contribution in [0, 0.1) is 0 Å². The van der Waals surface area contributed by atoms with Gasteiger partial charge in [-0.05, 0) is 55.0 Å². The Morgan fingerprint density at radius 3 is 2.34 bits per heavy atom. The molecule has 0 spiro atoms. The molecule has 0 amide bonds. The van der Waals surface area contributed by atoms with Crippen molar-refractivity contribution >= 4 is 12.3 Å². The molecule has 0 unspecified atom stereocenters. The van der Waals surface area contributed by atoms with Crippen LogP contribution in [0.25, 0.3) is 0 Å². The first-order valence-electron chi connectivity index (χ1n) is 9.40. The third-order valence-corrected chi connectivity index (χ3v) is 4.20. The van der Waals surface area contributed by atoms with Crippen molar-refractivity contribution in [2.75, 3.05) is 13.2 Å². The van der Waals surface area contributed by atoms with Gasteiger partial charge in [-0.3, -0.25) is 4.79 Å². The van der Waals surface area contributed by atoms with Crippen LogP contribution >= 0.6 is 0 Å². The van der Waals surface area contributed by atoms with E-state index in [1.807, 2.05) is 25.1 Å².